The van der Waals surface area contributed by atoms with Gasteiger partial charge in [0.25, 0.3) is 0 Å². The Kier molecular flexibility index (Phi) is 6.84. The molecule has 2 rings (SSSR count). The topological polar surface area (TPSA) is 95.7 Å². The van der Waals surface area contributed by atoms with Gasteiger partial charge < -0.3 is 9.47 Å². The van der Waals surface area contributed by atoms with Crippen molar-refractivity contribution in [3.05, 3.63) is 71.5 Å². The number of sulfonamides is 1. The molecular formula is C18H20FNO5S. The Morgan fingerprint density at radius 2 is 1.73 bits per heavy atom. The second-order valence-electron chi connectivity index (χ2n) is 5.63. The van der Waals surface area contributed by atoms with Crippen LogP contribution in [0.4, 0.5) is 4.39 Å². The molecule has 0 aliphatic carbocycles. The first-order valence-electron chi connectivity index (χ1n) is 7.85. The van der Waals surface area contributed by atoms with Crippen molar-refractivity contribution in [3.8, 4) is 0 Å². The molecule has 0 bridgehead atoms. The van der Waals surface area contributed by atoms with Gasteiger partial charge in [-0.25, -0.2) is 22.7 Å². The summed E-state index contributed by atoms with van der Waals surface area (Å²) in [6.07, 6.45) is -2.29. The maximum Gasteiger partial charge on any atom is 0.340 e. The third kappa shape index (κ3) is 5.62. The molecule has 0 saturated carbocycles. The smallest absolute Gasteiger partial charge is 0.340 e. The number of rotatable bonds is 8. The van der Waals surface area contributed by atoms with Gasteiger partial charge in [0.15, 0.2) is 6.10 Å². The highest BCUT2D eigenvalue weighted by molar-refractivity contribution is 7.89. The summed E-state index contributed by atoms with van der Waals surface area (Å²) in [7, 11) is -2.45. The SMILES string of the molecule is CO[C@H](C(=O)O[C@@H](CCS(N)(=O)=O)c1ccccc1F)c1ccccc1. The summed E-state index contributed by atoms with van der Waals surface area (Å²) >= 11 is 0. The predicted molar refractivity (Wildman–Crippen MR) is 94.0 cm³/mol. The standard InChI is InChI=1S/C18H20FNO5S/c1-24-17(13-7-3-2-4-8-13)18(21)25-16(11-12-26(20,22)23)14-9-5-6-10-15(14)19/h2-10,16-17H,11-12H2,1H3,(H2,20,22,23)/t16-,17-/m0/s1. The van der Waals surface area contributed by atoms with Crippen LogP contribution >= 0.6 is 0 Å². The fourth-order valence-corrected chi connectivity index (χ4v) is 3.03. The minimum atomic E-state index is -3.80. The molecule has 0 saturated heterocycles. The maximum atomic E-state index is 14.1. The fourth-order valence-electron chi connectivity index (χ4n) is 2.48. The van der Waals surface area contributed by atoms with E-state index in [4.69, 9.17) is 14.6 Å². The monoisotopic (exact) mass is 381 g/mol. The molecule has 6 nitrogen and oxygen atoms in total. The summed E-state index contributed by atoms with van der Waals surface area (Å²) in [4.78, 5) is 12.5. The zero-order valence-corrected chi connectivity index (χ0v) is 15.0. The number of esters is 1. The summed E-state index contributed by atoms with van der Waals surface area (Å²) in [6.45, 7) is 0. The largest absolute Gasteiger partial charge is 0.455 e. The number of benzene rings is 2. The van der Waals surface area contributed by atoms with E-state index in [2.05, 4.69) is 0 Å². The average Bonchev–Trinajstić information content (AvgIpc) is 2.60. The summed E-state index contributed by atoms with van der Waals surface area (Å²) in [5, 5.41) is 5.02. The van der Waals surface area contributed by atoms with E-state index in [0.29, 0.717) is 5.56 Å². The molecule has 0 spiro atoms. The van der Waals surface area contributed by atoms with Gasteiger partial charge in [-0.15, -0.1) is 0 Å². The van der Waals surface area contributed by atoms with E-state index < -0.39 is 39.8 Å². The van der Waals surface area contributed by atoms with Gasteiger partial charge in [-0.05, 0) is 11.6 Å². The molecule has 8 heteroatoms. The van der Waals surface area contributed by atoms with Crippen molar-refractivity contribution in [3.63, 3.8) is 0 Å². The number of hydrogen-bond donors (Lipinski definition) is 1. The number of carbonyl (C=O) groups excluding carboxylic acids is 1. The highest BCUT2D eigenvalue weighted by Gasteiger charge is 2.27. The molecule has 2 N–H and O–H groups in total. The normalized spacial score (nSPS) is 13.8. The lowest BCUT2D eigenvalue weighted by atomic mass is 10.1. The fraction of sp³-hybridized carbons (Fsp3) is 0.278. The van der Waals surface area contributed by atoms with Crippen LogP contribution in [0.3, 0.4) is 0 Å². The Hall–Kier alpha value is -2.29. The summed E-state index contributed by atoms with van der Waals surface area (Å²) in [6, 6.07) is 14.3. The van der Waals surface area contributed by atoms with Crippen LogP contribution < -0.4 is 5.14 Å². The van der Waals surface area contributed by atoms with Crippen molar-refractivity contribution in [1.29, 1.82) is 0 Å². The van der Waals surface area contributed by atoms with Crippen LogP contribution in [0.15, 0.2) is 54.6 Å². The molecular weight excluding hydrogens is 361 g/mol. The Labute approximate surface area is 151 Å². The van der Waals surface area contributed by atoms with E-state index >= 15 is 0 Å². The van der Waals surface area contributed by atoms with Crippen LogP contribution in [-0.4, -0.2) is 27.2 Å². The second-order valence-corrected chi connectivity index (χ2v) is 7.36. The first-order chi connectivity index (χ1) is 12.3. The lowest BCUT2D eigenvalue weighted by molar-refractivity contribution is -0.162. The van der Waals surface area contributed by atoms with E-state index in [0.717, 1.165) is 0 Å². The number of primary sulfonamides is 1. The first kappa shape index (κ1) is 20.0. The van der Waals surface area contributed by atoms with Gasteiger partial charge in [0.2, 0.25) is 10.0 Å². The molecule has 0 amide bonds. The van der Waals surface area contributed by atoms with Gasteiger partial charge in [-0.2, -0.15) is 0 Å². The number of halogens is 1. The number of hydrogen-bond acceptors (Lipinski definition) is 5. The lowest BCUT2D eigenvalue weighted by Gasteiger charge is -2.22. The molecule has 0 aliphatic rings. The zero-order valence-electron chi connectivity index (χ0n) is 14.2. The van der Waals surface area contributed by atoms with Gasteiger partial charge in [-0.3, -0.25) is 0 Å². The van der Waals surface area contributed by atoms with E-state index in [-0.39, 0.29) is 12.0 Å². The minimum Gasteiger partial charge on any atom is -0.455 e. The van der Waals surface area contributed by atoms with Crippen molar-refractivity contribution in [2.75, 3.05) is 12.9 Å². The predicted octanol–water partition coefficient (Wildman–Crippen LogP) is 2.48. The molecule has 0 aromatic heterocycles. The quantitative estimate of drug-likeness (QED) is 0.709. The Bertz CT molecular complexity index is 842. The van der Waals surface area contributed by atoms with Crippen LogP contribution in [0.25, 0.3) is 0 Å². The first-order valence-corrected chi connectivity index (χ1v) is 9.56. The van der Waals surface area contributed by atoms with Gasteiger partial charge in [0.05, 0.1) is 5.75 Å². The van der Waals surface area contributed by atoms with Crippen molar-refractivity contribution >= 4 is 16.0 Å². The van der Waals surface area contributed by atoms with E-state index in [9.17, 15) is 17.6 Å². The van der Waals surface area contributed by atoms with Gasteiger partial charge in [-0.1, -0.05) is 48.5 Å². The van der Waals surface area contributed by atoms with Gasteiger partial charge in [0.1, 0.15) is 11.9 Å². The maximum absolute atomic E-state index is 14.1. The molecule has 0 aliphatic heterocycles. The third-order valence-corrected chi connectivity index (χ3v) is 4.53. The molecule has 26 heavy (non-hydrogen) atoms. The second kappa shape index (κ2) is 8.88. The number of ether oxygens (including phenoxy) is 2. The summed E-state index contributed by atoms with van der Waals surface area (Å²) < 4.78 is 47.2. The molecule has 0 fully saturated rings. The third-order valence-electron chi connectivity index (χ3n) is 3.73. The summed E-state index contributed by atoms with van der Waals surface area (Å²) in [5.41, 5.74) is 0.645. The Balaban J connectivity index is 2.25. The molecule has 140 valence electrons. The van der Waals surface area contributed by atoms with Gasteiger partial charge in [0, 0.05) is 19.1 Å². The van der Waals surface area contributed by atoms with E-state index in [1.165, 1.54) is 25.3 Å². The summed E-state index contributed by atoms with van der Waals surface area (Å²) in [5.74, 6) is -1.81. The Morgan fingerprint density at radius 1 is 1.12 bits per heavy atom. The average molecular weight is 381 g/mol. The molecule has 0 unspecified atom stereocenters. The van der Waals surface area contributed by atoms with E-state index in [1.807, 2.05) is 0 Å². The molecule has 2 atom stereocenters. The zero-order chi connectivity index (χ0) is 19.2. The van der Waals surface area contributed by atoms with Crippen molar-refractivity contribution in [2.45, 2.75) is 18.6 Å². The molecule has 2 aromatic rings. The minimum absolute atomic E-state index is 0.0763. The van der Waals surface area contributed by atoms with Crippen LogP contribution in [-0.2, 0) is 24.3 Å². The molecule has 0 radical (unpaired) electrons. The Morgan fingerprint density at radius 3 is 2.31 bits per heavy atom. The number of nitrogens with two attached hydrogens (primary N) is 1. The lowest BCUT2D eigenvalue weighted by Crippen LogP contribution is -2.24. The van der Waals surface area contributed by atoms with Crippen LogP contribution in [0.5, 0.6) is 0 Å². The van der Waals surface area contributed by atoms with Crippen molar-refractivity contribution < 1.29 is 27.1 Å². The van der Waals surface area contributed by atoms with Crippen LogP contribution in [0, 0.1) is 5.82 Å². The van der Waals surface area contributed by atoms with E-state index in [1.54, 1.807) is 36.4 Å². The highest BCUT2D eigenvalue weighted by atomic mass is 32.2. The van der Waals surface area contributed by atoms with Crippen molar-refractivity contribution in [2.24, 2.45) is 5.14 Å². The number of carbonyl (C=O) groups is 1. The number of methoxy groups -OCH3 is 1. The van der Waals surface area contributed by atoms with Crippen LogP contribution in [0.2, 0.25) is 0 Å². The van der Waals surface area contributed by atoms with Gasteiger partial charge >= 0.3 is 5.97 Å². The molecule has 0 heterocycles. The molecule has 2 aromatic carbocycles. The van der Waals surface area contributed by atoms with Crippen molar-refractivity contribution in [1.82, 2.24) is 0 Å². The van der Waals surface area contributed by atoms with Crippen LogP contribution in [0.1, 0.15) is 29.8 Å². The highest BCUT2D eigenvalue weighted by Crippen LogP contribution is 2.28.